The van der Waals surface area contributed by atoms with E-state index in [1.165, 1.54) is 12.1 Å². The lowest BCUT2D eigenvalue weighted by Crippen LogP contribution is -2.48. The van der Waals surface area contributed by atoms with E-state index >= 15 is 0 Å². The minimum atomic E-state index is -0.319. The molecule has 3 rings (SSSR count). The number of unbranched alkanes of at least 4 members (excludes halogenated alkanes) is 1. The number of furan rings is 1. The van der Waals surface area contributed by atoms with Crippen LogP contribution in [0.25, 0.3) is 0 Å². The maximum atomic E-state index is 13.7. The van der Waals surface area contributed by atoms with E-state index in [1.54, 1.807) is 21.9 Å². The monoisotopic (exact) mass is 515 g/mol. The van der Waals surface area contributed by atoms with Crippen LogP contribution >= 0.6 is 0 Å². The van der Waals surface area contributed by atoms with Gasteiger partial charge < -0.3 is 19.0 Å². The number of aryl methyl sites for hydroxylation is 1. The van der Waals surface area contributed by atoms with Gasteiger partial charge in [-0.15, -0.1) is 0 Å². The van der Waals surface area contributed by atoms with E-state index in [0.717, 1.165) is 50.1 Å². The topological polar surface area (TPSA) is 66.2 Å². The second-order valence-corrected chi connectivity index (χ2v) is 9.85. The third-order valence-corrected chi connectivity index (χ3v) is 6.96. The quantitative estimate of drug-likeness (QED) is 0.367. The molecule has 0 aliphatic carbocycles. The normalized spacial score (nSPS) is 14.9. The predicted molar refractivity (Wildman–Crippen MR) is 141 cm³/mol. The zero-order chi connectivity index (χ0) is 26.6. The van der Waals surface area contributed by atoms with E-state index in [-0.39, 0.29) is 36.6 Å². The molecular formula is C29H42FN3O4. The third kappa shape index (κ3) is 9.27. The fourth-order valence-electron chi connectivity index (χ4n) is 4.63. The molecule has 37 heavy (non-hydrogen) atoms. The van der Waals surface area contributed by atoms with Crippen molar-refractivity contribution >= 4 is 11.8 Å². The second-order valence-electron chi connectivity index (χ2n) is 9.85. The Morgan fingerprint density at radius 1 is 1.03 bits per heavy atom. The molecule has 7 nitrogen and oxygen atoms in total. The molecule has 1 aromatic carbocycles. The van der Waals surface area contributed by atoms with Gasteiger partial charge in [0.25, 0.3) is 0 Å². The zero-order valence-electron chi connectivity index (χ0n) is 22.6. The summed E-state index contributed by atoms with van der Waals surface area (Å²) in [4.78, 5) is 33.0. The van der Waals surface area contributed by atoms with Gasteiger partial charge in [-0.05, 0) is 49.6 Å². The van der Waals surface area contributed by atoms with Crippen LogP contribution < -0.4 is 0 Å². The lowest BCUT2D eigenvalue weighted by Gasteiger charge is -2.33. The number of carbonyl (C=O) groups excluding carboxylic acids is 2. The molecule has 1 saturated heterocycles. The minimum Gasteiger partial charge on any atom is -0.464 e. The molecule has 2 heterocycles. The van der Waals surface area contributed by atoms with Crippen molar-refractivity contribution in [3.05, 3.63) is 59.3 Å². The number of nitrogens with zero attached hydrogens (tertiary/aromatic N) is 3. The SMILES string of the molecule is CCCCC(CC)C(=O)N(CCN1CCOCC1)CC(=O)N(Cc1ccc(F)cc1)Cc1ccc(C)o1. The zero-order valence-corrected chi connectivity index (χ0v) is 22.6. The molecule has 2 aromatic rings. The smallest absolute Gasteiger partial charge is 0.242 e. The highest BCUT2D eigenvalue weighted by molar-refractivity contribution is 5.86. The highest BCUT2D eigenvalue weighted by atomic mass is 19.1. The van der Waals surface area contributed by atoms with Gasteiger partial charge in [0.2, 0.25) is 11.8 Å². The molecule has 0 bridgehead atoms. The largest absolute Gasteiger partial charge is 0.464 e. The lowest BCUT2D eigenvalue weighted by atomic mass is 9.97. The summed E-state index contributed by atoms with van der Waals surface area (Å²) in [7, 11) is 0. The fraction of sp³-hybridized carbons (Fsp3) is 0.586. The van der Waals surface area contributed by atoms with E-state index in [0.29, 0.717) is 38.6 Å². The first-order valence-corrected chi connectivity index (χ1v) is 13.6. The van der Waals surface area contributed by atoms with Gasteiger partial charge >= 0.3 is 0 Å². The van der Waals surface area contributed by atoms with Crippen molar-refractivity contribution < 1.29 is 23.1 Å². The maximum Gasteiger partial charge on any atom is 0.242 e. The van der Waals surface area contributed by atoms with Crippen LogP contribution in [-0.4, -0.2) is 72.5 Å². The number of ether oxygens (including phenoxy) is 1. The highest BCUT2D eigenvalue weighted by Gasteiger charge is 2.27. The van der Waals surface area contributed by atoms with Crippen LogP contribution in [-0.2, 0) is 27.4 Å². The van der Waals surface area contributed by atoms with Crippen molar-refractivity contribution in [3.63, 3.8) is 0 Å². The number of rotatable bonds is 14. The van der Waals surface area contributed by atoms with Crippen molar-refractivity contribution in [2.45, 2.75) is 59.5 Å². The average molecular weight is 516 g/mol. The maximum absolute atomic E-state index is 13.7. The Balaban J connectivity index is 1.77. The molecular weight excluding hydrogens is 473 g/mol. The summed E-state index contributed by atoms with van der Waals surface area (Å²) in [6.07, 6.45) is 3.61. The van der Waals surface area contributed by atoms with E-state index in [1.807, 2.05) is 26.0 Å². The number of amides is 2. The van der Waals surface area contributed by atoms with Crippen molar-refractivity contribution in [1.29, 1.82) is 0 Å². The summed E-state index contributed by atoms with van der Waals surface area (Å²) in [5.74, 6) is 0.936. The van der Waals surface area contributed by atoms with Gasteiger partial charge in [-0.1, -0.05) is 38.8 Å². The van der Waals surface area contributed by atoms with Crippen LogP contribution in [0.2, 0.25) is 0 Å². The van der Waals surface area contributed by atoms with E-state index < -0.39 is 0 Å². The van der Waals surface area contributed by atoms with Crippen molar-refractivity contribution in [2.75, 3.05) is 45.9 Å². The number of carbonyl (C=O) groups is 2. The predicted octanol–water partition coefficient (Wildman–Crippen LogP) is 4.63. The molecule has 2 amide bonds. The Kier molecular flexibility index (Phi) is 11.6. The molecule has 204 valence electrons. The van der Waals surface area contributed by atoms with Gasteiger partial charge in [-0.25, -0.2) is 4.39 Å². The van der Waals surface area contributed by atoms with E-state index in [4.69, 9.17) is 9.15 Å². The molecule has 1 unspecified atom stereocenters. The van der Waals surface area contributed by atoms with Crippen LogP contribution in [0.15, 0.2) is 40.8 Å². The number of halogens is 1. The van der Waals surface area contributed by atoms with E-state index in [9.17, 15) is 14.0 Å². The first-order chi connectivity index (χ1) is 17.9. The average Bonchev–Trinajstić information content (AvgIpc) is 3.32. The number of hydrogen-bond donors (Lipinski definition) is 0. The molecule has 8 heteroatoms. The fourth-order valence-corrected chi connectivity index (χ4v) is 4.63. The van der Waals surface area contributed by atoms with Crippen LogP contribution in [0.4, 0.5) is 4.39 Å². The van der Waals surface area contributed by atoms with Crippen LogP contribution in [0.1, 0.15) is 56.6 Å². The molecule has 1 aliphatic heterocycles. The second kappa shape index (κ2) is 14.9. The number of morpholine rings is 1. The summed E-state index contributed by atoms with van der Waals surface area (Å²) < 4.78 is 24.7. The molecule has 0 N–H and O–H groups in total. The van der Waals surface area contributed by atoms with Crippen LogP contribution in [0.5, 0.6) is 0 Å². The minimum absolute atomic E-state index is 0.00663. The molecule has 1 aliphatic rings. The first kappa shape index (κ1) is 28.9. The van der Waals surface area contributed by atoms with Gasteiger partial charge in [0.15, 0.2) is 0 Å². The van der Waals surface area contributed by atoms with Gasteiger partial charge in [0.1, 0.15) is 17.3 Å². The molecule has 1 atom stereocenters. The van der Waals surface area contributed by atoms with Gasteiger partial charge in [-0.2, -0.15) is 0 Å². The van der Waals surface area contributed by atoms with Crippen molar-refractivity contribution in [1.82, 2.24) is 14.7 Å². The lowest BCUT2D eigenvalue weighted by molar-refractivity contribution is -0.144. The summed E-state index contributed by atoms with van der Waals surface area (Å²) in [6.45, 7) is 10.9. The Morgan fingerprint density at radius 3 is 2.38 bits per heavy atom. The van der Waals surface area contributed by atoms with Crippen LogP contribution in [0, 0.1) is 18.7 Å². The van der Waals surface area contributed by atoms with Gasteiger partial charge in [0.05, 0.1) is 26.3 Å². The molecule has 1 aromatic heterocycles. The highest BCUT2D eigenvalue weighted by Crippen LogP contribution is 2.18. The molecule has 1 fully saturated rings. The molecule has 0 saturated carbocycles. The Labute approximate surface area is 220 Å². The Bertz CT molecular complexity index is 972. The summed E-state index contributed by atoms with van der Waals surface area (Å²) in [5, 5.41) is 0. The number of benzene rings is 1. The Hall–Kier alpha value is -2.71. The summed E-state index contributed by atoms with van der Waals surface area (Å²) >= 11 is 0. The van der Waals surface area contributed by atoms with E-state index in [2.05, 4.69) is 11.8 Å². The van der Waals surface area contributed by atoms with Gasteiger partial charge in [0, 0.05) is 38.6 Å². The molecule has 0 spiro atoms. The summed E-state index contributed by atoms with van der Waals surface area (Å²) in [6, 6.07) is 9.89. The Morgan fingerprint density at radius 2 is 1.76 bits per heavy atom. The van der Waals surface area contributed by atoms with Crippen molar-refractivity contribution in [2.24, 2.45) is 5.92 Å². The van der Waals surface area contributed by atoms with Gasteiger partial charge in [-0.3, -0.25) is 14.5 Å². The summed E-state index contributed by atoms with van der Waals surface area (Å²) in [5.41, 5.74) is 0.818. The number of hydrogen-bond acceptors (Lipinski definition) is 5. The molecule has 0 radical (unpaired) electrons. The standard InChI is InChI=1S/C29H42FN3O4/c1-4-6-7-25(5-2)29(35)32(15-14-31-16-18-36-19-17-31)22-28(34)33(21-27-13-8-23(3)37-27)20-24-9-11-26(30)12-10-24/h8-13,25H,4-7,14-22H2,1-3H3. The van der Waals surface area contributed by atoms with Crippen molar-refractivity contribution in [3.8, 4) is 0 Å². The third-order valence-electron chi connectivity index (χ3n) is 6.96. The first-order valence-electron chi connectivity index (χ1n) is 13.6. The van der Waals surface area contributed by atoms with Crippen LogP contribution in [0.3, 0.4) is 0 Å².